The maximum atomic E-state index is 13.1. The second-order valence-electron chi connectivity index (χ2n) is 8.39. The molecule has 1 aromatic carbocycles. The number of rotatable bonds is 1. The van der Waals surface area contributed by atoms with Crippen molar-refractivity contribution in [2.24, 2.45) is 10.8 Å². The van der Waals surface area contributed by atoms with Crippen molar-refractivity contribution >= 4 is 16.8 Å². The summed E-state index contributed by atoms with van der Waals surface area (Å²) in [4.78, 5) is 18.5. The minimum atomic E-state index is 0.198. The van der Waals surface area contributed by atoms with Gasteiger partial charge in [-0.3, -0.25) is 4.79 Å². The molecule has 2 heterocycles. The normalized spacial score (nSPS) is 30.0. The standard InChI is InChI=1S/C19H24N2O/c1-18(2)8-13-9-19(3,11-18)12-21(13)17(22)15-10-20-16-7-5-4-6-14(15)16/h4-7,10,13,20H,8-9,11-12H2,1-3H3/t13-,19-/m1/s1. The molecule has 1 N–H and O–H groups in total. The molecule has 1 aliphatic heterocycles. The van der Waals surface area contributed by atoms with E-state index in [1.165, 1.54) is 6.42 Å². The van der Waals surface area contributed by atoms with Gasteiger partial charge in [0.1, 0.15) is 0 Å². The average Bonchev–Trinajstić information content (AvgIpc) is 2.95. The molecule has 2 aliphatic rings. The van der Waals surface area contributed by atoms with Gasteiger partial charge in [-0.05, 0) is 36.2 Å². The van der Waals surface area contributed by atoms with Gasteiger partial charge in [0.05, 0.1) is 5.56 Å². The van der Waals surface area contributed by atoms with Gasteiger partial charge in [-0.25, -0.2) is 0 Å². The van der Waals surface area contributed by atoms with Gasteiger partial charge in [0.25, 0.3) is 5.91 Å². The first-order valence-electron chi connectivity index (χ1n) is 8.24. The Morgan fingerprint density at radius 2 is 2.00 bits per heavy atom. The van der Waals surface area contributed by atoms with Crippen LogP contribution >= 0.6 is 0 Å². The lowest BCUT2D eigenvalue weighted by atomic mass is 9.65. The summed E-state index contributed by atoms with van der Waals surface area (Å²) in [5.41, 5.74) is 2.49. The second-order valence-corrected chi connectivity index (χ2v) is 8.39. The number of H-pyrrole nitrogens is 1. The highest BCUT2D eigenvalue weighted by Gasteiger charge is 2.51. The van der Waals surface area contributed by atoms with E-state index in [2.05, 4.69) is 30.7 Å². The highest BCUT2D eigenvalue weighted by Crippen LogP contribution is 2.52. The molecule has 1 saturated carbocycles. The van der Waals surface area contributed by atoms with Gasteiger partial charge < -0.3 is 9.88 Å². The predicted octanol–water partition coefficient (Wildman–Crippen LogP) is 4.21. The van der Waals surface area contributed by atoms with E-state index in [4.69, 9.17) is 0 Å². The van der Waals surface area contributed by atoms with Gasteiger partial charge in [-0.2, -0.15) is 0 Å². The van der Waals surface area contributed by atoms with Gasteiger partial charge in [0.15, 0.2) is 0 Å². The number of aromatic nitrogens is 1. The minimum absolute atomic E-state index is 0.198. The molecule has 3 nitrogen and oxygen atoms in total. The van der Waals surface area contributed by atoms with E-state index in [0.29, 0.717) is 11.5 Å². The number of likely N-dealkylation sites (tertiary alicyclic amines) is 1. The average molecular weight is 296 g/mol. The van der Waals surface area contributed by atoms with E-state index in [0.717, 1.165) is 35.9 Å². The van der Waals surface area contributed by atoms with Gasteiger partial charge in [-0.1, -0.05) is 39.0 Å². The number of amides is 1. The van der Waals surface area contributed by atoms with Crippen LogP contribution in [0.5, 0.6) is 0 Å². The Balaban J connectivity index is 1.69. The van der Waals surface area contributed by atoms with Crippen LogP contribution in [0.2, 0.25) is 0 Å². The molecule has 4 rings (SSSR count). The number of nitrogens with zero attached hydrogens (tertiary/aromatic N) is 1. The number of fused-ring (bicyclic) bond motifs is 3. The Kier molecular flexibility index (Phi) is 2.76. The molecule has 1 aromatic heterocycles. The Morgan fingerprint density at radius 3 is 2.82 bits per heavy atom. The third-order valence-electron chi connectivity index (χ3n) is 5.50. The number of carbonyl (C=O) groups excluding carboxylic acids is 1. The first kappa shape index (κ1) is 13.9. The Labute approximate surface area is 131 Å². The van der Waals surface area contributed by atoms with Crippen molar-refractivity contribution in [1.29, 1.82) is 0 Å². The zero-order valence-electron chi connectivity index (χ0n) is 13.6. The van der Waals surface area contributed by atoms with Crippen molar-refractivity contribution in [2.45, 2.75) is 46.1 Å². The molecule has 116 valence electrons. The highest BCUT2D eigenvalue weighted by molar-refractivity contribution is 6.06. The van der Waals surface area contributed by atoms with E-state index >= 15 is 0 Å². The largest absolute Gasteiger partial charge is 0.360 e. The number of benzene rings is 1. The van der Waals surface area contributed by atoms with Crippen molar-refractivity contribution in [3.63, 3.8) is 0 Å². The van der Waals surface area contributed by atoms with Crippen molar-refractivity contribution < 1.29 is 4.79 Å². The lowest BCUT2D eigenvalue weighted by Gasteiger charge is -2.39. The minimum Gasteiger partial charge on any atom is -0.360 e. The Bertz CT molecular complexity index is 745. The van der Waals surface area contributed by atoms with E-state index in [1.54, 1.807) is 0 Å². The summed E-state index contributed by atoms with van der Waals surface area (Å²) in [6, 6.07) is 8.46. The van der Waals surface area contributed by atoms with Crippen LogP contribution < -0.4 is 0 Å². The molecule has 1 aliphatic carbocycles. The van der Waals surface area contributed by atoms with Crippen LogP contribution in [-0.2, 0) is 0 Å². The topological polar surface area (TPSA) is 36.1 Å². The quantitative estimate of drug-likeness (QED) is 0.841. The molecule has 2 atom stereocenters. The molecule has 1 amide bonds. The zero-order chi connectivity index (χ0) is 15.5. The molecule has 0 radical (unpaired) electrons. The van der Waals surface area contributed by atoms with Gasteiger partial charge in [-0.15, -0.1) is 0 Å². The molecular weight excluding hydrogens is 272 g/mol. The van der Waals surface area contributed by atoms with Crippen LogP contribution in [0.3, 0.4) is 0 Å². The molecule has 2 fully saturated rings. The summed E-state index contributed by atoms with van der Waals surface area (Å²) in [7, 11) is 0. The van der Waals surface area contributed by atoms with Crippen LogP contribution in [0.25, 0.3) is 10.9 Å². The van der Waals surface area contributed by atoms with Crippen LogP contribution in [0.1, 0.15) is 50.4 Å². The lowest BCUT2D eigenvalue weighted by Crippen LogP contribution is -2.37. The molecule has 22 heavy (non-hydrogen) atoms. The van der Waals surface area contributed by atoms with Crippen LogP contribution in [0.4, 0.5) is 0 Å². The van der Waals surface area contributed by atoms with Gasteiger partial charge in [0.2, 0.25) is 0 Å². The number of hydrogen-bond acceptors (Lipinski definition) is 1. The summed E-state index contributed by atoms with van der Waals surface area (Å²) in [5, 5.41) is 1.04. The maximum Gasteiger partial charge on any atom is 0.256 e. The number of hydrogen-bond donors (Lipinski definition) is 1. The van der Waals surface area contributed by atoms with E-state index in [-0.39, 0.29) is 11.3 Å². The summed E-state index contributed by atoms with van der Waals surface area (Å²) in [6.07, 6.45) is 5.37. The molecule has 2 aromatic rings. The van der Waals surface area contributed by atoms with Crippen LogP contribution in [0.15, 0.2) is 30.5 Å². The third kappa shape index (κ3) is 2.06. The highest BCUT2D eigenvalue weighted by atomic mass is 16.2. The SMILES string of the molecule is CC1(C)C[C@@H]2C[C@@](C)(CN2C(=O)c2c[nH]c3ccccc23)C1. The van der Waals surface area contributed by atoms with E-state index in [9.17, 15) is 4.79 Å². The molecule has 3 heteroatoms. The van der Waals surface area contributed by atoms with Crippen LogP contribution in [0, 0.1) is 10.8 Å². The zero-order valence-corrected chi connectivity index (χ0v) is 13.6. The fourth-order valence-corrected chi connectivity index (χ4v) is 5.10. The monoisotopic (exact) mass is 296 g/mol. The van der Waals surface area contributed by atoms with Crippen molar-refractivity contribution in [3.8, 4) is 0 Å². The predicted molar refractivity (Wildman–Crippen MR) is 88.9 cm³/mol. The van der Waals surface area contributed by atoms with Gasteiger partial charge in [0, 0.05) is 29.7 Å². The second kappa shape index (κ2) is 4.37. The summed E-state index contributed by atoms with van der Waals surface area (Å²) in [5.74, 6) is 0.198. The first-order chi connectivity index (χ1) is 10.4. The summed E-state index contributed by atoms with van der Waals surface area (Å²) >= 11 is 0. The third-order valence-corrected chi connectivity index (χ3v) is 5.50. The van der Waals surface area contributed by atoms with E-state index in [1.807, 2.05) is 30.5 Å². The fraction of sp³-hybridized carbons (Fsp3) is 0.526. The maximum absolute atomic E-state index is 13.1. The molecule has 2 bridgehead atoms. The molecule has 1 saturated heterocycles. The molecule has 0 spiro atoms. The number of carbonyl (C=O) groups is 1. The lowest BCUT2D eigenvalue weighted by molar-refractivity contribution is 0.0710. The van der Waals surface area contributed by atoms with Crippen molar-refractivity contribution in [2.75, 3.05) is 6.54 Å². The number of nitrogens with one attached hydrogen (secondary N) is 1. The first-order valence-corrected chi connectivity index (χ1v) is 8.24. The Morgan fingerprint density at radius 1 is 1.23 bits per heavy atom. The van der Waals surface area contributed by atoms with Gasteiger partial charge >= 0.3 is 0 Å². The summed E-state index contributed by atoms with van der Waals surface area (Å²) < 4.78 is 0. The van der Waals surface area contributed by atoms with E-state index < -0.39 is 0 Å². The smallest absolute Gasteiger partial charge is 0.256 e. The molecular formula is C19H24N2O. The molecule has 0 unspecified atom stereocenters. The number of para-hydroxylation sites is 1. The Hall–Kier alpha value is -1.77. The fourth-order valence-electron chi connectivity index (χ4n) is 5.10. The van der Waals surface area contributed by atoms with Crippen molar-refractivity contribution in [1.82, 2.24) is 9.88 Å². The summed E-state index contributed by atoms with van der Waals surface area (Å²) in [6.45, 7) is 7.94. The number of aromatic amines is 1. The van der Waals surface area contributed by atoms with Crippen molar-refractivity contribution in [3.05, 3.63) is 36.0 Å². The van der Waals surface area contributed by atoms with Crippen LogP contribution in [-0.4, -0.2) is 28.4 Å².